The Balaban J connectivity index is 1.33. The number of morpholine rings is 1. The van der Waals surface area contributed by atoms with Gasteiger partial charge in [0.25, 0.3) is 0 Å². The van der Waals surface area contributed by atoms with E-state index in [1.807, 2.05) is 16.4 Å². The van der Waals surface area contributed by atoms with Crippen molar-refractivity contribution in [2.24, 2.45) is 0 Å². The number of carbonyl (C=O) groups excluding carboxylic acids is 1. The molecule has 1 aliphatic heterocycles. The van der Waals surface area contributed by atoms with Crippen molar-refractivity contribution in [1.29, 1.82) is 0 Å². The maximum absolute atomic E-state index is 12.5. The molecule has 1 N–H and O–H groups in total. The van der Waals surface area contributed by atoms with Crippen LogP contribution in [0.1, 0.15) is 35.9 Å². The van der Waals surface area contributed by atoms with Gasteiger partial charge >= 0.3 is 6.03 Å². The average Bonchev–Trinajstić information content (AvgIpc) is 3.11. The van der Waals surface area contributed by atoms with Crippen LogP contribution >= 0.6 is 0 Å². The Hall–Kier alpha value is -2.41. The minimum absolute atomic E-state index is 0.0276. The summed E-state index contributed by atoms with van der Waals surface area (Å²) in [6, 6.07) is 8.40. The zero-order valence-corrected chi connectivity index (χ0v) is 14.4. The predicted molar refractivity (Wildman–Crippen MR) is 92.2 cm³/mol. The van der Waals surface area contributed by atoms with Crippen molar-refractivity contribution in [3.05, 3.63) is 47.5 Å². The molecule has 0 radical (unpaired) electrons. The average molecular weight is 341 g/mol. The lowest BCUT2D eigenvalue weighted by Gasteiger charge is -2.34. The molecule has 2 amide bonds. The van der Waals surface area contributed by atoms with Crippen LogP contribution in [0.4, 0.5) is 4.79 Å². The fourth-order valence-electron chi connectivity index (χ4n) is 3.61. The third kappa shape index (κ3) is 3.11. The zero-order valence-electron chi connectivity index (χ0n) is 14.4. The number of hydrogen-bond acceptors (Lipinski definition) is 4. The number of rotatable bonds is 4. The van der Waals surface area contributed by atoms with Gasteiger partial charge in [0.05, 0.1) is 13.2 Å². The van der Waals surface area contributed by atoms with Crippen LogP contribution in [0.15, 0.2) is 30.6 Å². The molecule has 7 nitrogen and oxygen atoms in total. The van der Waals surface area contributed by atoms with Gasteiger partial charge < -0.3 is 19.5 Å². The first-order chi connectivity index (χ1) is 12.3. The number of aryl methyl sites for hydroxylation is 1. The molecule has 1 saturated heterocycles. The largest absolute Gasteiger partial charge is 0.366 e. The van der Waals surface area contributed by atoms with E-state index >= 15 is 0 Å². The molecule has 2 heterocycles. The van der Waals surface area contributed by atoms with Gasteiger partial charge in [0, 0.05) is 25.6 Å². The number of nitrogens with zero attached hydrogens (tertiary/aromatic N) is 4. The summed E-state index contributed by atoms with van der Waals surface area (Å²) in [5.74, 6) is 1.22. The fraction of sp³-hybridized carbons (Fsp3) is 0.500. The van der Waals surface area contributed by atoms with Crippen molar-refractivity contribution < 1.29 is 9.53 Å². The van der Waals surface area contributed by atoms with Crippen LogP contribution in [0.5, 0.6) is 0 Å². The second kappa shape index (κ2) is 6.84. The van der Waals surface area contributed by atoms with Crippen molar-refractivity contribution in [3.63, 3.8) is 0 Å². The number of carbonyl (C=O) groups is 1. The molecule has 0 bridgehead atoms. The molecule has 1 aliphatic carbocycles. The van der Waals surface area contributed by atoms with E-state index in [0.717, 1.165) is 18.8 Å². The quantitative estimate of drug-likeness (QED) is 0.919. The standard InChI is InChI=1S/C18H23N5O2/c1-2-22-12-20-21-17(22)16-11-23(7-8-25-16)18(24)19-10-14-9-13-5-3-4-6-15(13)14/h3-6,12,14,16H,2,7-11H2,1H3,(H,19,24). The second-order valence-corrected chi connectivity index (χ2v) is 6.57. The highest BCUT2D eigenvalue weighted by atomic mass is 16.5. The molecule has 2 aromatic rings. The molecule has 2 unspecified atom stereocenters. The lowest BCUT2D eigenvalue weighted by atomic mass is 9.78. The lowest BCUT2D eigenvalue weighted by Crippen LogP contribution is -2.48. The summed E-state index contributed by atoms with van der Waals surface area (Å²) in [5.41, 5.74) is 2.76. The fourth-order valence-corrected chi connectivity index (χ4v) is 3.61. The first-order valence-electron chi connectivity index (χ1n) is 8.86. The van der Waals surface area contributed by atoms with E-state index in [2.05, 4.69) is 39.8 Å². The Morgan fingerprint density at radius 1 is 1.40 bits per heavy atom. The van der Waals surface area contributed by atoms with Crippen LogP contribution in [0, 0.1) is 0 Å². The molecule has 1 fully saturated rings. The van der Waals surface area contributed by atoms with Crippen molar-refractivity contribution in [3.8, 4) is 0 Å². The molecule has 2 aliphatic rings. The number of amides is 2. The molecule has 25 heavy (non-hydrogen) atoms. The van der Waals surface area contributed by atoms with Crippen LogP contribution in [-0.2, 0) is 17.7 Å². The van der Waals surface area contributed by atoms with Gasteiger partial charge in [-0.15, -0.1) is 10.2 Å². The Labute approximate surface area is 147 Å². The minimum Gasteiger partial charge on any atom is -0.366 e. The van der Waals surface area contributed by atoms with E-state index in [1.165, 1.54) is 11.1 Å². The smallest absolute Gasteiger partial charge is 0.317 e. The number of nitrogens with one attached hydrogen (secondary N) is 1. The second-order valence-electron chi connectivity index (χ2n) is 6.57. The first-order valence-corrected chi connectivity index (χ1v) is 8.86. The van der Waals surface area contributed by atoms with Crippen LogP contribution in [-0.4, -0.2) is 51.9 Å². The summed E-state index contributed by atoms with van der Waals surface area (Å²) in [4.78, 5) is 14.4. The monoisotopic (exact) mass is 341 g/mol. The summed E-state index contributed by atoms with van der Waals surface area (Å²) < 4.78 is 7.76. The van der Waals surface area contributed by atoms with Gasteiger partial charge in [0.1, 0.15) is 12.4 Å². The summed E-state index contributed by atoms with van der Waals surface area (Å²) in [6.45, 7) is 5.13. The van der Waals surface area contributed by atoms with Gasteiger partial charge in [0.15, 0.2) is 5.82 Å². The van der Waals surface area contributed by atoms with Gasteiger partial charge in [0.2, 0.25) is 0 Å². The van der Waals surface area contributed by atoms with Crippen LogP contribution < -0.4 is 5.32 Å². The summed E-state index contributed by atoms with van der Waals surface area (Å²) >= 11 is 0. The Morgan fingerprint density at radius 3 is 3.12 bits per heavy atom. The normalized spacial score (nSPS) is 22.2. The number of aromatic nitrogens is 3. The Morgan fingerprint density at radius 2 is 2.28 bits per heavy atom. The molecular weight excluding hydrogens is 318 g/mol. The predicted octanol–water partition coefficient (Wildman–Crippen LogP) is 1.72. The number of fused-ring (bicyclic) bond motifs is 1. The Kier molecular flexibility index (Phi) is 4.40. The molecule has 7 heteroatoms. The zero-order chi connectivity index (χ0) is 17.2. The summed E-state index contributed by atoms with van der Waals surface area (Å²) in [5, 5.41) is 11.2. The van der Waals surface area contributed by atoms with Crippen molar-refractivity contribution in [1.82, 2.24) is 25.0 Å². The molecular formula is C18H23N5O2. The first kappa shape index (κ1) is 16.1. The maximum atomic E-state index is 12.5. The van der Waals surface area contributed by atoms with Crippen molar-refractivity contribution >= 4 is 6.03 Å². The highest BCUT2D eigenvalue weighted by Crippen LogP contribution is 2.34. The number of hydrogen-bond donors (Lipinski definition) is 1. The molecule has 1 aromatic carbocycles. The van der Waals surface area contributed by atoms with Crippen LogP contribution in [0.2, 0.25) is 0 Å². The lowest BCUT2D eigenvalue weighted by molar-refractivity contribution is -0.0218. The third-order valence-corrected chi connectivity index (χ3v) is 5.09. The van der Waals surface area contributed by atoms with Gasteiger partial charge in [-0.25, -0.2) is 4.79 Å². The maximum Gasteiger partial charge on any atom is 0.317 e. The van der Waals surface area contributed by atoms with E-state index in [9.17, 15) is 4.79 Å². The molecule has 132 valence electrons. The van der Waals surface area contributed by atoms with Crippen LogP contribution in [0.3, 0.4) is 0 Å². The van der Waals surface area contributed by atoms with Gasteiger partial charge in [-0.05, 0) is 24.5 Å². The van der Waals surface area contributed by atoms with Crippen molar-refractivity contribution in [2.75, 3.05) is 26.2 Å². The van der Waals surface area contributed by atoms with Crippen LogP contribution in [0.25, 0.3) is 0 Å². The summed E-state index contributed by atoms with van der Waals surface area (Å²) in [6.07, 6.45) is 2.53. The number of benzene rings is 1. The van der Waals surface area contributed by atoms with Gasteiger partial charge in [-0.1, -0.05) is 24.3 Å². The molecule has 1 aromatic heterocycles. The third-order valence-electron chi connectivity index (χ3n) is 5.09. The summed E-state index contributed by atoms with van der Waals surface area (Å²) in [7, 11) is 0. The topological polar surface area (TPSA) is 72.3 Å². The number of urea groups is 1. The SMILES string of the molecule is CCn1cnnc1C1CN(C(=O)NCC2Cc3ccccc32)CCO1. The van der Waals surface area contributed by atoms with Crippen molar-refractivity contribution in [2.45, 2.75) is 31.9 Å². The molecule has 4 rings (SSSR count). The van der Waals surface area contributed by atoms with Gasteiger partial charge in [-0.2, -0.15) is 0 Å². The molecule has 0 spiro atoms. The van der Waals surface area contributed by atoms with E-state index in [1.54, 1.807) is 6.33 Å². The highest BCUT2D eigenvalue weighted by Gasteiger charge is 2.30. The molecule has 0 saturated carbocycles. The van der Waals surface area contributed by atoms with E-state index in [4.69, 9.17) is 4.74 Å². The molecule has 2 atom stereocenters. The van der Waals surface area contributed by atoms with E-state index in [-0.39, 0.29) is 12.1 Å². The highest BCUT2D eigenvalue weighted by molar-refractivity contribution is 5.74. The van der Waals surface area contributed by atoms with E-state index < -0.39 is 0 Å². The number of ether oxygens (including phenoxy) is 1. The Bertz CT molecular complexity index is 759. The van der Waals surface area contributed by atoms with Gasteiger partial charge in [-0.3, -0.25) is 0 Å². The van der Waals surface area contributed by atoms with E-state index in [0.29, 0.717) is 32.2 Å². The minimum atomic E-state index is -0.216.